The average Bonchev–Trinajstić information content (AvgIpc) is 3.92. The Kier molecular flexibility index (Phi) is 6.27. The van der Waals surface area contributed by atoms with E-state index in [0.29, 0.717) is 11.4 Å². The lowest BCUT2D eigenvalue weighted by molar-refractivity contribution is 0.666. The van der Waals surface area contributed by atoms with E-state index in [2.05, 4.69) is 138 Å². The molecule has 0 unspecified atom stereocenters. The maximum atomic E-state index is 6.91. The lowest BCUT2D eigenvalue weighted by Gasteiger charge is -2.12. The third-order valence-corrected chi connectivity index (χ3v) is 11.0. The van der Waals surface area contributed by atoms with E-state index < -0.39 is 0 Å². The van der Waals surface area contributed by atoms with E-state index in [1.165, 1.54) is 21.5 Å². The number of hydrogen-bond donors (Lipinski definition) is 0. The maximum Gasteiger partial charge on any atom is 0.180 e. The van der Waals surface area contributed by atoms with E-state index in [1.54, 1.807) is 0 Å². The smallest absolute Gasteiger partial charge is 0.180 e. The number of para-hydroxylation sites is 2. The predicted molar refractivity (Wildman–Crippen MR) is 225 cm³/mol. The summed E-state index contributed by atoms with van der Waals surface area (Å²) >= 11 is 0. The van der Waals surface area contributed by atoms with Crippen LogP contribution in [0.2, 0.25) is 0 Å². The highest BCUT2D eigenvalue weighted by atomic mass is 16.3. The van der Waals surface area contributed by atoms with Crippen LogP contribution in [-0.2, 0) is 0 Å². The molecule has 0 radical (unpaired) electrons. The lowest BCUT2D eigenvalue weighted by atomic mass is 10.0. The van der Waals surface area contributed by atoms with Crippen molar-refractivity contribution in [3.63, 3.8) is 0 Å². The van der Waals surface area contributed by atoms with Crippen molar-refractivity contribution < 1.29 is 8.83 Å². The van der Waals surface area contributed by atoms with Gasteiger partial charge in [0.15, 0.2) is 17.0 Å². The molecule has 4 aromatic heterocycles. The van der Waals surface area contributed by atoms with Crippen LogP contribution in [0.5, 0.6) is 0 Å². The van der Waals surface area contributed by atoms with Crippen LogP contribution < -0.4 is 0 Å². The molecule has 0 amide bonds. The molecule has 0 bridgehead atoms. The van der Waals surface area contributed by atoms with Crippen molar-refractivity contribution in [2.45, 2.75) is 0 Å². The van der Waals surface area contributed by atoms with Gasteiger partial charge in [0.05, 0.1) is 16.7 Å². The molecule has 0 atom stereocenters. The summed E-state index contributed by atoms with van der Waals surface area (Å²) in [7, 11) is 0. The molecule has 8 aromatic carbocycles. The van der Waals surface area contributed by atoms with E-state index in [9.17, 15) is 0 Å². The molecule has 0 N–H and O–H groups in total. The topological polar surface area (TPSA) is 57.0 Å². The maximum absolute atomic E-state index is 6.91. The van der Waals surface area contributed by atoms with E-state index in [4.69, 9.17) is 18.8 Å². The van der Waals surface area contributed by atoms with Gasteiger partial charge in [0.25, 0.3) is 0 Å². The number of furan rings is 2. The molecular formula is C50H29N3O2. The Labute approximate surface area is 314 Å². The van der Waals surface area contributed by atoms with Gasteiger partial charge >= 0.3 is 0 Å². The third-order valence-electron chi connectivity index (χ3n) is 11.0. The number of rotatable bonds is 4. The van der Waals surface area contributed by atoms with Crippen LogP contribution in [0, 0.1) is 0 Å². The quantitative estimate of drug-likeness (QED) is 0.183. The molecule has 0 aliphatic rings. The molecule has 55 heavy (non-hydrogen) atoms. The standard InChI is InChI=1S/C50H29N3O2/c1-3-13-30(14-4-1)34-23-26-44-39(28-34)47-49(55-44)46(51-50(52-47)31-15-5-2-6-16-31)37-24-25-41(48-45(37)36-20-10-12-22-43(36)54-48)53-40-21-11-9-19-35(40)38-27-32-17-7-8-18-33(32)29-42(38)53/h1-29H. The number of aromatic nitrogens is 3. The SMILES string of the molecule is c1ccc(-c2ccc3oc4c(-c5ccc(-n6c7ccccc7c7cc8ccccc8cc76)c6oc7ccccc7c56)nc(-c5ccccc5)nc4c3c2)cc1. The molecule has 0 spiro atoms. The normalized spacial score (nSPS) is 12.0. The highest BCUT2D eigenvalue weighted by Gasteiger charge is 2.25. The van der Waals surface area contributed by atoms with Crippen molar-refractivity contribution in [2.24, 2.45) is 0 Å². The van der Waals surface area contributed by atoms with Crippen LogP contribution in [-0.4, -0.2) is 14.5 Å². The summed E-state index contributed by atoms with van der Waals surface area (Å²) in [5.74, 6) is 0.634. The first kappa shape index (κ1) is 30.0. The molecule has 0 aliphatic heterocycles. The fraction of sp³-hybridized carbons (Fsp3) is 0. The van der Waals surface area contributed by atoms with Crippen molar-refractivity contribution >= 4 is 76.6 Å². The summed E-state index contributed by atoms with van der Waals surface area (Å²) < 4.78 is 16.0. The Morgan fingerprint density at radius 2 is 1.09 bits per heavy atom. The third kappa shape index (κ3) is 4.47. The minimum Gasteiger partial charge on any atom is -0.454 e. The van der Waals surface area contributed by atoms with Crippen LogP contribution in [0.4, 0.5) is 0 Å². The zero-order valence-electron chi connectivity index (χ0n) is 29.4. The number of hydrogen-bond acceptors (Lipinski definition) is 4. The van der Waals surface area contributed by atoms with E-state index in [0.717, 1.165) is 83.1 Å². The van der Waals surface area contributed by atoms with Crippen molar-refractivity contribution in [1.82, 2.24) is 14.5 Å². The van der Waals surface area contributed by atoms with Crippen LogP contribution in [0.1, 0.15) is 0 Å². The molecule has 0 saturated heterocycles. The van der Waals surface area contributed by atoms with Gasteiger partial charge in [-0.05, 0) is 70.4 Å². The van der Waals surface area contributed by atoms with Gasteiger partial charge in [-0.3, -0.25) is 0 Å². The predicted octanol–water partition coefficient (Wildman–Crippen LogP) is 13.5. The summed E-state index contributed by atoms with van der Waals surface area (Å²) in [6.45, 7) is 0. The van der Waals surface area contributed by atoms with Gasteiger partial charge in [-0.15, -0.1) is 0 Å². The molecular weight excluding hydrogens is 675 g/mol. The van der Waals surface area contributed by atoms with Crippen LogP contribution in [0.15, 0.2) is 185 Å². The van der Waals surface area contributed by atoms with Gasteiger partial charge < -0.3 is 13.4 Å². The van der Waals surface area contributed by atoms with Gasteiger partial charge in [-0.1, -0.05) is 127 Å². The minimum absolute atomic E-state index is 0.634. The van der Waals surface area contributed by atoms with E-state index in [-0.39, 0.29) is 0 Å². The largest absolute Gasteiger partial charge is 0.454 e. The fourth-order valence-electron chi connectivity index (χ4n) is 8.46. The Balaban J connectivity index is 1.19. The highest BCUT2D eigenvalue weighted by molar-refractivity contribution is 6.20. The van der Waals surface area contributed by atoms with Gasteiger partial charge in [-0.25, -0.2) is 9.97 Å². The van der Waals surface area contributed by atoms with Crippen molar-refractivity contribution in [3.8, 4) is 39.5 Å². The molecule has 5 nitrogen and oxygen atoms in total. The van der Waals surface area contributed by atoms with E-state index >= 15 is 0 Å². The zero-order valence-corrected chi connectivity index (χ0v) is 29.4. The van der Waals surface area contributed by atoms with Gasteiger partial charge in [0, 0.05) is 38.1 Å². The van der Waals surface area contributed by atoms with Crippen molar-refractivity contribution in [3.05, 3.63) is 176 Å². The second-order valence-electron chi connectivity index (χ2n) is 14.1. The summed E-state index contributed by atoms with van der Waals surface area (Å²) in [6.07, 6.45) is 0. The number of fused-ring (bicyclic) bond motifs is 10. The average molecular weight is 704 g/mol. The molecule has 5 heteroatoms. The van der Waals surface area contributed by atoms with Crippen molar-refractivity contribution in [1.29, 1.82) is 0 Å². The number of nitrogens with zero attached hydrogens (tertiary/aromatic N) is 3. The molecule has 256 valence electrons. The Morgan fingerprint density at radius 1 is 0.418 bits per heavy atom. The fourth-order valence-corrected chi connectivity index (χ4v) is 8.46. The molecule has 0 saturated carbocycles. The van der Waals surface area contributed by atoms with Crippen LogP contribution in [0.3, 0.4) is 0 Å². The minimum atomic E-state index is 0.634. The van der Waals surface area contributed by atoms with Crippen LogP contribution >= 0.6 is 0 Å². The zero-order chi connectivity index (χ0) is 36.0. The van der Waals surface area contributed by atoms with Crippen molar-refractivity contribution in [2.75, 3.05) is 0 Å². The Bertz CT molecular complexity index is 3480. The second kappa shape index (κ2) is 11.5. The summed E-state index contributed by atoms with van der Waals surface area (Å²) in [5.41, 5.74) is 11.8. The second-order valence-corrected chi connectivity index (χ2v) is 14.1. The van der Waals surface area contributed by atoms with Crippen LogP contribution in [0.25, 0.3) is 116 Å². The summed E-state index contributed by atoms with van der Waals surface area (Å²) in [6, 6.07) is 61.3. The first-order valence-corrected chi connectivity index (χ1v) is 18.5. The van der Waals surface area contributed by atoms with E-state index in [1.807, 2.05) is 42.5 Å². The van der Waals surface area contributed by atoms with Gasteiger partial charge in [0.2, 0.25) is 0 Å². The van der Waals surface area contributed by atoms with Gasteiger partial charge in [-0.2, -0.15) is 0 Å². The molecule has 4 heterocycles. The summed E-state index contributed by atoms with van der Waals surface area (Å²) in [5, 5.41) is 7.72. The highest BCUT2D eigenvalue weighted by Crippen LogP contribution is 2.45. The lowest BCUT2D eigenvalue weighted by Crippen LogP contribution is -1.97. The molecule has 0 aliphatic carbocycles. The monoisotopic (exact) mass is 703 g/mol. The first-order chi connectivity index (χ1) is 27.3. The summed E-state index contributed by atoms with van der Waals surface area (Å²) in [4.78, 5) is 10.5. The molecule has 0 fully saturated rings. The Hall–Kier alpha value is -7.50. The van der Waals surface area contributed by atoms with Gasteiger partial charge in [0.1, 0.15) is 22.4 Å². The Morgan fingerprint density at radius 3 is 1.93 bits per heavy atom. The number of benzene rings is 8. The molecule has 12 rings (SSSR count). The first-order valence-electron chi connectivity index (χ1n) is 18.5. The molecule has 12 aromatic rings.